The number of pyridine rings is 1. The summed E-state index contributed by atoms with van der Waals surface area (Å²) in [5, 5.41) is 0.383. The number of nitrogens with zero attached hydrogens (tertiary/aromatic N) is 2. The Kier molecular flexibility index (Phi) is 7.04. The van der Waals surface area contributed by atoms with E-state index >= 15 is 0 Å². The second-order valence-electron chi connectivity index (χ2n) is 5.24. The maximum absolute atomic E-state index is 12.6. The third kappa shape index (κ3) is 5.66. The molecule has 0 unspecified atom stereocenters. The number of hydrogen-bond donors (Lipinski definition) is 0. The fourth-order valence-corrected chi connectivity index (χ4v) is 2.43. The summed E-state index contributed by atoms with van der Waals surface area (Å²) in [5.74, 6) is -0.0423. The molecule has 122 valence electrons. The minimum absolute atomic E-state index is 0.0423. The van der Waals surface area contributed by atoms with Crippen molar-refractivity contribution in [1.29, 1.82) is 0 Å². The van der Waals surface area contributed by atoms with E-state index in [1.165, 1.54) is 11.8 Å². The zero-order valence-electron chi connectivity index (χ0n) is 13.2. The first-order valence-corrected chi connectivity index (χ1v) is 8.02. The number of carbonyl (C=O) groups excluding carboxylic acids is 1. The summed E-state index contributed by atoms with van der Waals surface area (Å²) < 4.78 is 5.11. The fourth-order valence-electron chi connectivity index (χ4n) is 2.32. The van der Waals surface area contributed by atoms with Crippen LogP contribution < -0.4 is 0 Å². The highest BCUT2D eigenvalue weighted by Gasteiger charge is 2.15. The van der Waals surface area contributed by atoms with Crippen molar-refractivity contribution in [2.24, 2.45) is 0 Å². The molecule has 2 aromatic rings. The van der Waals surface area contributed by atoms with E-state index in [1.54, 1.807) is 24.1 Å². The molecule has 0 atom stereocenters. The number of ether oxygens (including phenoxy) is 1. The molecule has 1 amide bonds. The van der Waals surface area contributed by atoms with Gasteiger partial charge in [0.25, 0.3) is 5.91 Å². The van der Waals surface area contributed by atoms with Crippen molar-refractivity contribution in [2.75, 3.05) is 26.8 Å². The van der Waals surface area contributed by atoms with Crippen molar-refractivity contribution in [3.63, 3.8) is 0 Å². The fraction of sp³-hybridized carbons (Fsp3) is 0.333. The lowest BCUT2D eigenvalue weighted by molar-refractivity contribution is 0.0693. The average molecular weight is 333 g/mol. The van der Waals surface area contributed by atoms with Crippen LogP contribution in [0.1, 0.15) is 22.3 Å². The van der Waals surface area contributed by atoms with E-state index in [0.717, 1.165) is 12.8 Å². The highest BCUT2D eigenvalue weighted by atomic mass is 35.5. The van der Waals surface area contributed by atoms with Crippen LogP contribution in [0, 0.1) is 0 Å². The normalized spacial score (nSPS) is 10.5. The van der Waals surface area contributed by atoms with E-state index in [1.807, 2.05) is 18.2 Å². The number of methoxy groups -OCH3 is 1. The van der Waals surface area contributed by atoms with Crippen molar-refractivity contribution < 1.29 is 9.53 Å². The Balaban J connectivity index is 1.95. The zero-order chi connectivity index (χ0) is 16.5. The monoisotopic (exact) mass is 332 g/mol. The van der Waals surface area contributed by atoms with Crippen LogP contribution in [-0.2, 0) is 11.2 Å². The molecule has 0 radical (unpaired) electrons. The number of carbonyl (C=O) groups is 1. The van der Waals surface area contributed by atoms with Gasteiger partial charge in [0, 0.05) is 26.4 Å². The molecule has 2 rings (SSSR count). The van der Waals surface area contributed by atoms with Gasteiger partial charge in [-0.25, -0.2) is 4.98 Å². The van der Waals surface area contributed by atoms with E-state index in [9.17, 15) is 4.79 Å². The lowest BCUT2D eigenvalue weighted by Crippen LogP contribution is -2.35. The molecule has 23 heavy (non-hydrogen) atoms. The number of hydrogen-bond acceptors (Lipinski definition) is 3. The molecule has 0 saturated heterocycles. The number of amides is 1. The first kappa shape index (κ1) is 17.4. The van der Waals surface area contributed by atoms with Crippen molar-refractivity contribution in [3.05, 3.63) is 64.9 Å². The van der Waals surface area contributed by atoms with Crippen molar-refractivity contribution in [2.45, 2.75) is 12.8 Å². The lowest BCUT2D eigenvalue weighted by atomic mass is 10.1. The predicted octanol–water partition coefficient (Wildman–Crippen LogP) is 3.46. The van der Waals surface area contributed by atoms with Gasteiger partial charge in [0.2, 0.25) is 0 Å². The van der Waals surface area contributed by atoms with E-state index in [4.69, 9.17) is 16.3 Å². The summed E-state index contributed by atoms with van der Waals surface area (Å²) >= 11 is 5.77. The van der Waals surface area contributed by atoms with Crippen LogP contribution in [0.15, 0.2) is 48.7 Å². The Morgan fingerprint density at radius 2 is 1.96 bits per heavy atom. The molecule has 1 heterocycles. The summed E-state index contributed by atoms with van der Waals surface area (Å²) in [5.41, 5.74) is 1.82. The summed E-state index contributed by atoms with van der Waals surface area (Å²) in [6.07, 6.45) is 3.36. The molecule has 0 aliphatic rings. The van der Waals surface area contributed by atoms with E-state index in [0.29, 0.717) is 30.4 Å². The van der Waals surface area contributed by atoms with Crippen LogP contribution >= 0.6 is 11.6 Å². The maximum atomic E-state index is 12.6. The first-order valence-electron chi connectivity index (χ1n) is 7.64. The molecule has 0 spiro atoms. The summed E-state index contributed by atoms with van der Waals surface area (Å²) in [6, 6.07) is 13.6. The van der Waals surface area contributed by atoms with E-state index in [-0.39, 0.29) is 5.91 Å². The van der Waals surface area contributed by atoms with Crippen LogP contribution in [0.2, 0.25) is 5.15 Å². The van der Waals surface area contributed by atoms with Crippen molar-refractivity contribution in [1.82, 2.24) is 9.88 Å². The van der Waals surface area contributed by atoms with Gasteiger partial charge in [-0.3, -0.25) is 4.79 Å². The third-order valence-electron chi connectivity index (χ3n) is 3.56. The number of halogens is 1. The van der Waals surface area contributed by atoms with Crippen LogP contribution in [0.5, 0.6) is 0 Å². The molecule has 1 aromatic carbocycles. The van der Waals surface area contributed by atoms with Gasteiger partial charge < -0.3 is 9.64 Å². The summed E-state index contributed by atoms with van der Waals surface area (Å²) in [6.45, 7) is 1.75. The SMILES string of the molecule is COCCN(CCCc1ccccc1)C(=O)c1ccc(Cl)nc1. The summed E-state index contributed by atoms with van der Waals surface area (Å²) in [4.78, 5) is 18.4. The molecule has 0 fully saturated rings. The van der Waals surface area contributed by atoms with Crippen molar-refractivity contribution >= 4 is 17.5 Å². The molecular formula is C18H21ClN2O2. The van der Waals surface area contributed by atoms with Gasteiger partial charge in [-0.2, -0.15) is 0 Å². The van der Waals surface area contributed by atoms with Crippen molar-refractivity contribution in [3.8, 4) is 0 Å². The maximum Gasteiger partial charge on any atom is 0.255 e. The largest absolute Gasteiger partial charge is 0.383 e. The highest BCUT2D eigenvalue weighted by Crippen LogP contribution is 2.10. The Morgan fingerprint density at radius 1 is 1.17 bits per heavy atom. The second-order valence-corrected chi connectivity index (χ2v) is 5.63. The number of aromatic nitrogens is 1. The predicted molar refractivity (Wildman–Crippen MR) is 91.8 cm³/mol. The van der Waals surface area contributed by atoms with Gasteiger partial charge in [-0.05, 0) is 30.5 Å². The number of aryl methyl sites for hydroxylation is 1. The molecule has 0 bridgehead atoms. The first-order chi connectivity index (χ1) is 11.2. The molecule has 5 heteroatoms. The van der Waals surface area contributed by atoms with Gasteiger partial charge in [0.15, 0.2) is 0 Å². The van der Waals surface area contributed by atoms with Gasteiger partial charge in [-0.15, -0.1) is 0 Å². The molecule has 0 aliphatic carbocycles. The van der Waals surface area contributed by atoms with Crippen LogP contribution in [-0.4, -0.2) is 42.6 Å². The third-order valence-corrected chi connectivity index (χ3v) is 3.79. The number of benzene rings is 1. The lowest BCUT2D eigenvalue weighted by Gasteiger charge is -2.22. The Morgan fingerprint density at radius 3 is 2.61 bits per heavy atom. The average Bonchev–Trinajstić information content (AvgIpc) is 2.59. The molecule has 4 nitrogen and oxygen atoms in total. The molecule has 0 saturated carbocycles. The van der Waals surface area contributed by atoms with Crippen LogP contribution in [0.3, 0.4) is 0 Å². The minimum Gasteiger partial charge on any atom is -0.383 e. The van der Waals surface area contributed by atoms with Gasteiger partial charge in [0.05, 0.1) is 12.2 Å². The quantitative estimate of drug-likeness (QED) is 0.695. The highest BCUT2D eigenvalue weighted by molar-refractivity contribution is 6.29. The molecule has 0 aliphatic heterocycles. The van der Waals surface area contributed by atoms with Gasteiger partial charge in [0.1, 0.15) is 5.15 Å². The standard InChI is InChI=1S/C18H21ClN2O2/c1-23-13-12-21(11-5-8-15-6-3-2-4-7-15)18(22)16-9-10-17(19)20-14-16/h2-4,6-7,9-10,14H,5,8,11-13H2,1H3. The van der Waals surface area contributed by atoms with Gasteiger partial charge in [-0.1, -0.05) is 41.9 Å². The Labute approximate surface area is 142 Å². The van der Waals surface area contributed by atoms with E-state index in [2.05, 4.69) is 17.1 Å². The van der Waals surface area contributed by atoms with Crippen LogP contribution in [0.4, 0.5) is 0 Å². The van der Waals surface area contributed by atoms with E-state index < -0.39 is 0 Å². The van der Waals surface area contributed by atoms with Gasteiger partial charge >= 0.3 is 0 Å². The minimum atomic E-state index is -0.0423. The second kappa shape index (κ2) is 9.28. The molecule has 0 N–H and O–H groups in total. The Bertz CT molecular complexity index is 602. The zero-order valence-corrected chi connectivity index (χ0v) is 14.0. The smallest absolute Gasteiger partial charge is 0.255 e. The summed E-state index contributed by atoms with van der Waals surface area (Å²) in [7, 11) is 1.64. The Hall–Kier alpha value is -1.91. The molecule has 1 aromatic heterocycles. The number of rotatable bonds is 8. The molecular weight excluding hydrogens is 312 g/mol. The van der Waals surface area contributed by atoms with Crippen LogP contribution in [0.25, 0.3) is 0 Å². The topological polar surface area (TPSA) is 42.4 Å².